The molecule has 0 spiro atoms. The molecule has 2 amide bonds. The van der Waals surface area contributed by atoms with Crippen LogP contribution in [0.25, 0.3) is 16.8 Å². The van der Waals surface area contributed by atoms with Crippen LogP contribution in [0.1, 0.15) is 35.4 Å². The summed E-state index contributed by atoms with van der Waals surface area (Å²) in [6.07, 6.45) is -2.63. The molecule has 226 valence electrons. The molecule has 11 nitrogen and oxygen atoms in total. The number of hydroxylamine groups is 1. The quantitative estimate of drug-likeness (QED) is 0.203. The highest BCUT2D eigenvalue weighted by Gasteiger charge is 2.35. The third-order valence-corrected chi connectivity index (χ3v) is 6.48. The summed E-state index contributed by atoms with van der Waals surface area (Å²) < 4.78 is 61.4. The van der Waals surface area contributed by atoms with Gasteiger partial charge < -0.3 is 10.1 Å². The molecule has 0 aliphatic rings. The molecule has 0 unspecified atom stereocenters. The summed E-state index contributed by atoms with van der Waals surface area (Å²) in [5.74, 6) is -2.32. The van der Waals surface area contributed by atoms with Gasteiger partial charge in [0.25, 0.3) is 11.5 Å². The van der Waals surface area contributed by atoms with Crippen LogP contribution in [0, 0.1) is 5.82 Å². The second-order valence-corrected chi connectivity index (χ2v) is 9.39. The number of carbonyl (C=O) groups is 2. The zero-order valence-corrected chi connectivity index (χ0v) is 23.5. The summed E-state index contributed by atoms with van der Waals surface area (Å²) in [6.45, 7) is 1.65. The van der Waals surface area contributed by atoms with E-state index in [2.05, 4.69) is 20.5 Å². The first-order valence-corrected chi connectivity index (χ1v) is 12.8. The summed E-state index contributed by atoms with van der Waals surface area (Å²) in [6, 6.07) is 7.72. The zero-order chi connectivity index (χ0) is 31.5. The van der Waals surface area contributed by atoms with Gasteiger partial charge in [-0.15, -0.1) is 5.10 Å². The number of alkyl halides is 3. The fourth-order valence-corrected chi connectivity index (χ4v) is 4.41. The van der Waals surface area contributed by atoms with Crippen molar-refractivity contribution in [3.63, 3.8) is 0 Å². The Hall–Kier alpha value is -4.76. The Morgan fingerprint density at radius 3 is 2.42 bits per heavy atom. The molecule has 2 aromatic heterocycles. The third-order valence-electron chi connectivity index (χ3n) is 6.24. The van der Waals surface area contributed by atoms with Crippen molar-refractivity contribution >= 4 is 29.1 Å². The Labute approximate surface area is 245 Å². The van der Waals surface area contributed by atoms with Gasteiger partial charge in [0, 0.05) is 27.9 Å². The van der Waals surface area contributed by atoms with Crippen LogP contribution in [-0.2, 0) is 15.8 Å². The van der Waals surface area contributed by atoms with Crippen molar-refractivity contribution in [1.29, 1.82) is 0 Å². The van der Waals surface area contributed by atoms with E-state index in [1.165, 1.54) is 44.7 Å². The van der Waals surface area contributed by atoms with E-state index < -0.39 is 41.1 Å². The number of halogens is 5. The molecule has 43 heavy (non-hydrogen) atoms. The highest BCUT2D eigenvalue weighted by atomic mass is 35.5. The molecule has 16 heteroatoms. The first-order chi connectivity index (χ1) is 20.4. The van der Waals surface area contributed by atoms with Crippen molar-refractivity contribution in [2.45, 2.75) is 25.6 Å². The number of anilines is 1. The van der Waals surface area contributed by atoms with Crippen LogP contribution in [0.15, 0.2) is 59.7 Å². The van der Waals surface area contributed by atoms with Crippen molar-refractivity contribution in [2.24, 2.45) is 0 Å². The minimum Gasteiger partial charge on any atom is -0.495 e. The SMILES string of the molecule is CC[C@@H](C(=O)Nc1ccc(C(=O)NOC)c(F)c1)n1cc(OC)c(-c2cc(Cl)ccc2-n2cc(C(F)(F)F)nn2)cc1=O. The standard InChI is InChI=1S/C27H23ClF4N6O5/c1-4-20(26(41)33-15-6-7-16(19(29)10-15)25(40)35-43-3)37-12-22(42-2)18(11-24(37)39)17-9-14(28)5-8-21(17)38-13-23(34-36-38)27(30,31)32/h5-13,20H,4H2,1-3H3,(H,33,41)(H,35,40)/t20-/m0/s1. The molecule has 0 saturated heterocycles. The van der Waals surface area contributed by atoms with Crippen LogP contribution in [-0.4, -0.2) is 45.6 Å². The van der Waals surface area contributed by atoms with Gasteiger partial charge in [-0.1, -0.05) is 23.7 Å². The Morgan fingerprint density at radius 1 is 1.07 bits per heavy atom. The minimum absolute atomic E-state index is 0.0289. The van der Waals surface area contributed by atoms with E-state index in [4.69, 9.17) is 16.3 Å². The monoisotopic (exact) mass is 622 g/mol. The van der Waals surface area contributed by atoms with Crippen molar-refractivity contribution in [2.75, 3.05) is 19.5 Å². The molecule has 0 bridgehead atoms. The molecule has 2 N–H and O–H groups in total. The second-order valence-electron chi connectivity index (χ2n) is 8.95. The molecule has 0 fully saturated rings. The van der Waals surface area contributed by atoms with Gasteiger partial charge in [-0.05, 0) is 42.8 Å². The smallest absolute Gasteiger partial charge is 0.436 e. The molecule has 0 saturated carbocycles. The molecule has 0 aliphatic carbocycles. The van der Waals surface area contributed by atoms with Crippen molar-refractivity contribution < 1.29 is 36.7 Å². The Kier molecular flexibility index (Phi) is 9.16. The number of amides is 2. The van der Waals surface area contributed by atoms with Crippen LogP contribution in [0.2, 0.25) is 5.02 Å². The number of hydrogen-bond acceptors (Lipinski definition) is 7. The number of pyridine rings is 1. The molecule has 2 heterocycles. The van der Waals surface area contributed by atoms with E-state index in [9.17, 15) is 31.9 Å². The predicted molar refractivity (Wildman–Crippen MR) is 146 cm³/mol. The summed E-state index contributed by atoms with van der Waals surface area (Å²) >= 11 is 6.19. The number of aromatic nitrogens is 4. The van der Waals surface area contributed by atoms with Gasteiger partial charge in [-0.3, -0.25) is 23.8 Å². The lowest BCUT2D eigenvalue weighted by Gasteiger charge is -2.21. The maximum atomic E-state index is 14.5. The van der Waals surface area contributed by atoms with E-state index >= 15 is 0 Å². The fraction of sp³-hybridized carbons (Fsp3) is 0.222. The topological polar surface area (TPSA) is 129 Å². The molecule has 0 radical (unpaired) electrons. The number of methoxy groups -OCH3 is 1. The van der Waals surface area contributed by atoms with Crippen LogP contribution in [0.3, 0.4) is 0 Å². The van der Waals surface area contributed by atoms with Crippen molar-refractivity contribution in [3.8, 4) is 22.6 Å². The lowest BCUT2D eigenvalue weighted by Crippen LogP contribution is -2.32. The van der Waals surface area contributed by atoms with Gasteiger partial charge in [0.05, 0.1) is 37.9 Å². The van der Waals surface area contributed by atoms with Gasteiger partial charge in [0.15, 0.2) is 5.69 Å². The summed E-state index contributed by atoms with van der Waals surface area (Å²) in [5, 5.41) is 9.48. The first kappa shape index (κ1) is 31.2. The molecule has 4 aromatic rings. The first-order valence-electron chi connectivity index (χ1n) is 12.4. The van der Waals surface area contributed by atoms with Crippen LogP contribution >= 0.6 is 11.6 Å². The van der Waals surface area contributed by atoms with Crippen LogP contribution < -0.4 is 21.1 Å². The lowest BCUT2D eigenvalue weighted by molar-refractivity contribution is -0.141. The number of ether oxygens (including phenoxy) is 1. The van der Waals surface area contributed by atoms with Crippen molar-refractivity contribution in [3.05, 3.63) is 87.3 Å². The average molecular weight is 623 g/mol. The normalized spacial score (nSPS) is 12.1. The number of benzene rings is 2. The Balaban J connectivity index is 1.70. The number of nitrogens with one attached hydrogen (secondary N) is 2. The average Bonchev–Trinajstić information content (AvgIpc) is 3.45. The van der Waals surface area contributed by atoms with Gasteiger partial charge >= 0.3 is 6.18 Å². The largest absolute Gasteiger partial charge is 0.495 e. The van der Waals surface area contributed by atoms with Gasteiger partial charge in [0.2, 0.25) is 5.91 Å². The van der Waals surface area contributed by atoms with E-state index in [1.54, 1.807) is 6.92 Å². The third kappa shape index (κ3) is 6.67. The molecule has 1 atom stereocenters. The van der Waals surface area contributed by atoms with E-state index in [0.29, 0.717) is 6.20 Å². The summed E-state index contributed by atoms with van der Waals surface area (Å²) in [4.78, 5) is 42.9. The highest BCUT2D eigenvalue weighted by molar-refractivity contribution is 6.31. The van der Waals surface area contributed by atoms with Crippen LogP contribution in [0.5, 0.6) is 5.75 Å². The maximum Gasteiger partial charge on any atom is 0.436 e. The highest BCUT2D eigenvalue weighted by Crippen LogP contribution is 2.36. The fourth-order valence-electron chi connectivity index (χ4n) is 4.24. The van der Waals surface area contributed by atoms with Crippen LogP contribution in [0.4, 0.5) is 23.2 Å². The number of hydrogen-bond donors (Lipinski definition) is 2. The number of carbonyl (C=O) groups excluding carboxylic acids is 2. The maximum absolute atomic E-state index is 14.5. The number of nitrogens with zero attached hydrogens (tertiary/aromatic N) is 4. The Bertz CT molecular complexity index is 1740. The van der Waals surface area contributed by atoms with Gasteiger partial charge in [-0.2, -0.15) is 13.2 Å². The molecular formula is C27H23ClF4N6O5. The van der Waals surface area contributed by atoms with E-state index in [1.807, 2.05) is 5.48 Å². The zero-order valence-electron chi connectivity index (χ0n) is 22.7. The lowest BCUT2D eigenvalue weighted by atomic mass is 10.0. The van der Waals surface area contributed by atoms with E-state index in [-0.39, 0.29) is 45.3 Å². The second kappa shape index (κ2) is 12.6. The van der Waals surface area contributed by atoms with Crippen molar-refractivity contribution in [1.82, 2.24) is 25.0 Å². The summed E-state index contributed by atoms with van der Waals surface area (Å²) in [7, 11) is 2.50. The Morgan fingerprint density at radius 2 is 1.81 bits per heavy atom. The molecular weight excluding hydrogens is 600 g/mol. The van der Waals surface area contributed by atoms with Gasteiger partial charge in [-0.25, -0.2) is 14.6 Å². The number of rotatable bonds is 9. The predicted octanol–water partition coefficient (Wildman–Crippen LogP) is 4.80. The molecule has 4 rings (SSSR count). The van der Waals surface area contributed by atoms with Gasteiger partial charge in [0.1, 0.15) is 17.6 Å². The summed E-state index contributed by atoms with van der Waals surface area (Å²) in [5.41, 5.74) is 0.315. The van der Waals surface area contributed by atoms with E-state index in [0.717, 1.165) is 27.4 Å². The molecule has 2 aromatic carbocycles. The molecule has 0 aliphatic heterocycles. The minimum atomic E-state index is -4.73.